The molecule has 1 unspecified atom stereocenters. The van der Waals surface area contributed by atoms with Crippen LogP contribution in [0.5, 0.6) is 0 Å². The lowest BCUT2D eigenvalue weighted by Crippen LogP contribution is -2.28. The number of amides is 1. The molecule has 0 radical (unpaired) electrons. The number of pyridine rings is 1. The maximum Gasteiger partial charge on any atom is 0.404 e. The van der Waals surface area contributed by atoms with Crippen LogP contribution in [0.25, 0.3) is 0 Å². The molecule has 1 aliphatic carbocycles. The highest BCUT2D eigenvalue weighted by molar-refractivity contribution is 5.90. The number of carboxylic acid groups (broad SMARTS) is 2. The molecular weight excluding hydrogens is 328 g/mol. The monoisotopic (exact) mass is 348 g/mol. The number of primary amides is 1. The second-order valence-corrected chi connectivity index (χ2v) is 5.53. The summed E-state index contributed by atoms with van der Waals surface area (Å²) in [6.45, 7) is 1.82. The molecule has 25 heavy (non-hydrogen) atoms. The molecule has 134 valence electrons. The minimum Gasteiger partial charge on any atom is -0.481 e. The highest BCUT2D eigenvalue weighted by atomic mass is 16.5. The summed E-state index contributed by atoms with van der Waals surface area (Å²) in [6, 6.07) is 3.73. The normalized spacial score (nSPS) is 18.4. The van der Waals surface area contributed by atoms with Crippen LogP contribution in [0.1, 0.15) is 18.9 Å². The van der Waals surface area contributed by atoms with Gasteiger partial charge in [0.1, 0.15) is 0 Å². The van der Waals surface area contributed by atoms with E-state index in [1.165, 1.54) is 25.2 Å². The summed E-state index contributed by atoms with van der Waals surface area (Å²) < 4.78 is 4.56. The summed E-state index contributed by atoms with van der Waals surface area (Å²) >= 11 is 0. The zero-order valence-electron chi connectivity index (χ0n) is 13.7. The van der Waals surface area contributed by atoms with Gasteiger partial charge in [0, 0.05) is 24.4 Å². The number of rotatable bonds is 5. The zero-order chi connectivity index (χ0) is 18.9. The standard InChI is InChI=1S/C9H10O4.C8H10N2O2/c1-9(8(12)13)4-2-3-6(5-9)7(10)11;9-8(11)12-6-3-7-1-4-10-5-2-7/h2-4H,5H2,1H3,(H,10,11)(H,12,13);1-2,4-5H,3,6H2,(H2,9,11). The number of aliphatic carboxylic acids is 2. The van der Waals surface area contributed by atoms with Crippen LogP contribution in [-0.2, 0) is 20.7 Å². The first kappa shape index (κ1) is 19.9. The van der Waals surface area contributed by atoms with Crippen molar-refractivity contribution in [3.63, 3.8) is 0 Å². The molecule has 0 saturated heterocycles. The van der Waals surface area contributed by atoms with Gasteiger partial charge in [-0.3, -0.25) is 9.78 Å². The van der Waals surface area contributed by atoms with Gasteiger partial charge in [-0.15, -0.1) is 0 Å². The number of aromatic nitrogens is 1. The predicted octanol–water partition coefficient (Wildman–Crippen LogP) is 1.77. The summed E-state index contributed by atoms with van der Waals surface area (Å²) in [5.41, 5.74) is 4.91. The average Bonchev–Trinajstić information content (AvgIpc) is 2.56. The van der Waals surface area contributed by atoms with Crippen LogP contribution < -0.4 is 5.73 Å². The number of allylic oxidation sites excluding steroid dienone is 2. The zero-order valence-corrected chi connectivity index (χ0v) is 13.7. The van der Waals surface area contributed by atoms with E-state index in [4.69, 9.17) is 15.9 Å². The molecular formula is C17H20N2O6. The van der Waals surface area contributed by atoms with E-state index in [2.05, 4.69) is 9.72 Å². The van der Waals surface area contributed by atoms with Gasteiger partial charge in [-0.05, 0) is 31.0 Å². The van der Waals surface area contributed by atoms with Crippen LogP contribution in [0.4, 0.5) is 4.79 Å². The first-order valence-corrected chi connectivity index (χ1v) is 7.41. The highest BCUT2D eigenvalue weighted by Gasteiger charge is 2.34. The molecule has 0 aliphatic heterocycles. The number of hydrogen-bond acceptors (Lipinski definition) is 5. The van der Waals surface area contributed by atoms with Crippen molar-refractivity contribution in [3.05, 3.63) is 53.9 Å². The van der Waals surface area contributed by atoms with Crippen LogP contribution in [-0.4, -0.2) is 39.8 Å². The number of nitrogens with two attached hydrogens (primary N) is 1. The number of carbonyl (C=O) groups is 3. The second-order valence-electron chi connectivity index (χ2n) is 5.53. The quantitative estimate of drug-likeness (QED) is 0.736. The van der Waals surface area contributed by atoms with Gasteiger partial charge >= 0.3 is 18.0 Å². The Hall–Kier alpha value is -3.16. The van der Waals surface area contributed by atoms with Gasteiger partial charge in [0.25, 0.3) is 0 Å². The number of hydrogen-bond donors (Lipinski definition) is 3. The predicted molar refractivity (Wildman–Crippen MR) is 88.7 cm³/mol. The first-order valence-electron chi connectivity index (χ1n) is 7.41. The van der Waals surface area contributed by atoms with E-state index < -0.39 is 23.4 Å². The fraction of sp³-hybridized carbons (Fsp3) is 0.294. The van der Waals surface area contributed by atoms with Crippen LogP contribution in [0.3, 0.4) is 0 Å². The molecule has 1 atom stereocenters. The lowest BCUT2D eigenvalue weighted by molar-refractivity contribution is -0.145. The van der Waals surface area contributed by atoms with Crippen LogP contribution in [0, 0.1) is 5.41 Å². The van der Waals surface area contributed by atoms with Crippen molar-refractivity contribution >= 4 is 18.0 Å². The Bertz CT molecular complexity index is 684. The Morgan fingerprint density at radius 3 is 2.44 bits per heavy atom. The minimum atomic E-state index is -1.08. The summed E-state index contributed by atoms with van der Waals surface area (Å²) in [5, 5.41) is 17.5. The topological polar surface area (TPSA) is 140 Å². The fourth-order valence-corrected chi connectivity index (χ4v) is 2.00. The third-order valence-electron chi connectivity index (χ3n) is 3.47. The van der Waals surface area contributed by atoms with E-state index in [0.29, 0.717) is 13.0 Å². The molecule has 0 aromatic carbocycles. The first-order chi connectivity index (χ1) is 11.7. The lowest BCUT2D eigenvalue weighted by atomic mass is 9.80. The molecule has 0 saturated carbocycles. The van der Waals surface area contributed by atoms with E-state index in [1.807, 2.05) is 12.1 Å². The van der Waals surface area contributed by atoms with Crippen LogP contribution >= 0.6 is 0 Å². The Balaban J connectivity index is 0.000000251. The molecule has 8 heteroatoms. The molecule has 1 aromatic heterocycles. The molecule has 0 fully saturated rings. The van der Waals surface area contributed by atoms with Gasteiger partial charge in [-0.1, -0.05) is 18.2 Å². The molecule has 1 aliphatic rings. The summed E-state index contributed by atoms with van der Waals surface area (Å²) in [4.78, 5) is 35.4. The molecule has 2 rings (SSSR count). The Morgan fingerprint density at radius 2 is 1.92 bits per heavy atom. The van der Waals surface area contributed by atoms with Crippen molar-refractivity contribution in [1.82, 2.24) is 4.98 Å². The molecule has 0 spiro atoms. The molecule has 0 bridgehead atoms. The molecule has 1 heterocycles. The number of nitrogens with zero attached hydrogens (tertiary/aromatic N) is 1. The Morgan fingerprint density at radius 1 is 1.28 bits per heavy atom. The largest absolute Gasteiger partial charge is 0.481 e. The second kappa shape index (κ2) is 9.21. The third-order valence-corrected chi connectivity index (χ3v) is 3.47. The van der Waals surface area contributed by atoms with Gasteiger partial charge in [-0.25, -0.2) is 9.59 Å². The fourth-order valence-electron chi connectivity index (χ4n) is 2.00. The van der Waals surface area contributed by atoms with E-state index >= 15 is 0 Å². The Kier molecular flexibility index (Phi) is 7.33. The van der Waals surface area contributed by atoms with Gasteiger partial charge in [0.2, 0.25) is 0 Å². The van der Waals surface area contributed by atoms with Gasteiger partial charge in [0.05, 0.1) is 12.0 Å². The summed E-state index contributed by atoms with van der Waals surface area (Å²) in [6.07, 6.45) is 7.76. The summed E-state index contributed by atoms with van der Waals surface area (Å²) in [7, 11) is 0. The van der Waals surface area contributed by atoms with Gasteiger partial charge in [-0.2, -0.15) is 0 Å². The van der Waals surface area contributed by atoms with Crippen molar-refractivity contribution in [2.45, 2.75) is 19.8 Å². The number of ether oxygens (including phenoxy) is 1. The van der Waals surface area contributed by atoms with Crippen LogP contribution in [0.2, 0.25) is 0 Å². The SMILES string of the molecule is CC1(C(=O)O)C=CC=C(C(=O)O)C1.NC(=O)OCCc1ccncc1. The van der Waals surface area contributed by atoms with Crippen molar-refractivity contribution in [2.75, 3.05) is 6.61 Å². The number of carboxylic acids is 2. The third kappa shape index (κ3) is 6.86. The maximum absolute atomic E-state index is 10.8. The van der Waals surface area contributed by atoms with Crippen molar-refractivity contribution in [1.29, 1.82) is 0 Å². The maximum atomic E-state index is 10.8. The molecule has 8 nitrogen and oxygen atoms in total. The van der Waals surface area contributed by atoms with Gasteiger partial charge in [0.15, 0.2) is 0 Å². The smallest absolute Gasteiger partial charge is 0.404 e. The Labute approximate surface area is 144 Å². The average molecular weight is 348 g/mol. The summed E-state index contributed by atoms with van der Waals surface area (Å²) in [5.74, 6) is -2.06. The molecule has 4 N–H and O–H groups in total. The minimum absolute atomic E-state index is 0.0359. The van der Waals surface area contributed by atoms with Crippen LogP contribution in [0.15, 0.2) is 48.3 Å². The molecule has 1 aromatic rings. The molecule has 1 amide bonds. The van der Waals surface area contributed by atoms with Gasteiger partial charge < -0.3 is 20.7 Å². The van der Waals surface area contributed by atoms with Crippen molar-refractivity contribution < 1.29 is 29.3 Å². The van der Waals surface area contributed by atoms with Crippen molar-refractivity contribution in [3.8, 4) is 0 Å². The van der Waals surface area contributed by atoms with E-state index in [9.17, 15) is 14.4 Å². The van der Waals surface area contributed by atoms with E-state index in [1.54, 1.807) is 12.4 Å². The lowest BCUT2D eigenvalue weighted by Gasteiger charge is -2.23. The number of carbonyl (C=O) groups excluding carboxylic acids is 1. The van der Waals surface area contributed by atoms with E-state index in [-0.39, 0.29) is 12.0 Å². The highest BCUT2D eigenvalue weighted by Crippen LogP contribution is 2.31. The van der Waals surface area contributed by atoms with Crippen molar-refractivity contribution in [2.24, 2.45) is 11.1 Å². The van der Waals surface area contributed by atoms with E-state index in [0.717, 1.165) is 5.56 Å².